The van der Waals surface area contributed by atoms with Crippen molar-refractivity contribution in [2.24, 2.45) is 0 Å². The maximum absolute atomic E-state index is 10.9. The monoisotopic (exact) mass is 252 g/mol. The van der Waals surface area contributed by atoms with Crippen LogP contribution in [-0.4, -0.2) is 15.1 Å². The topological polar surface area (TPSA) is 97.8 Å². The second-order valence-corrected chi connectivity index (χ2v) is 3.91. The molecular formula is C10H9ClN4O2. The Morgan fingerprint density at radius 3 is 2.76 bits per heavy atom. The van der Waals surface area contributed by atoms with Crippen LogP contribution in [-0.2, 0) is 0 Å². The van der Waals surface area contributed by atoms with E-state index < -0.39 is 4.92 Å². The Labute approximate surface area is 102 Å². The van der Waals surface area contributed by atoms with Crippen molar-refractivity contribution >= 4 is 23.1 Å². The number of halogens is 1. The molecule has 0 fully saturated rings. The van der Waals surface area contributed by atoms with Gasteiger partial charge in [0.2, 0.25) is 0 Å². The average Bonchev–Trinajstić information content (AvgIpc) is 2.60. The fourth-order valence-corrected chi connectivity index (χ4v) is 1.83. The molecule has 0 spiro atoms. The molecule has 0 unspecified atom stereocenters. The number of aromatic amines is 1. The third-order valence-electron chi connectivity index (χ3n) is 2.49. The van der Waals surface area contributed by atoms with Gasteiger partial charge in [-0.05, 0) is 13.0 Å². The number of rotatable bonds is 2. The summed E-state index contributed by atoms with van der Waals surface area (Å²) in [5, 5.41) is 17.7. The van der Waals surface area contributed by atoms with Crippen LogP contribution >= 0.6 is 11.6 Å². The van der Waals surface area contributed by atoms with Crippen molar-refractivity contribution < 1.29 is 4.92 Å². The maximum atomic E-state index is 10.9. The number of hydrogen-bond acceptors (Lipinski definition) is 4. The predicted molar refractivity (Wildman–Crippen MR) is 64.8 cm³/mol. The lowest BCUT2D eigenvalue weighted by Gasteiger charge is -2.04. The number of benzene rings is 1. The average molecular weight is 253 g/mol. The number of nitrogens with two attached hydrogens (primary N) is 1. The summed E-state index contributed by atoms with van der Waals surface area (Å²) in [4.78, 5) is 10.5. The normalized spacial score (nSPS) is 10.5. The van der Waals surface area contributed by atoms with E-state index in [4.69, 9.17) is 17.3 Å². The Kier molecular flexibility index (Phi) is 2.72. The standard InChI is InChI=1S/C10H9ClN4O2/c1-5-9(13-14-10(5)12)8-6(11)3-2-4-7(8)15(16)17/h2-4H,1H3,(H3,12,13,14). The van der Waals surface area contributed by atoms with Crippen LogP contribution in [0.4, 0.5) is 11.5 Å². The lowest BCUT2D eigenvalue weighted by Crippen LogP contribution is -1.94. The van der Waals surface area contributed by atoms with E-state index in [1.54, 1.807) is 13.0 Å². The summed E-state index contributed by atoms with van der Waals surface area (Å²) >= 11 is 6.00. The van der Waals surface area contributed by atoms with E-state index >= 15 is 0 Å². The summed E-state index contributed by atoms with van der Waals surface area (Å²) in [6, 6.07) is 4.50. The first-order valence-corrected chi connectivity index (χ1v) is 5.14. The first kappa shape index (κ1) is 11.4. The molecule has 17 heavy (non-hydrogen) atoms. The molecule has 0 saturated heterocycles. The molecule has 1 aromatic carbocycles. The Morgan fingerprint density at radius 1 is 1.53 bits per heavy atom. The van der Waals surface area contributed by atoms with Crippen molar-refractivity contribution in [2.75, 3.05) is 5.73 Å². The van der Waals surface area contributed by atoms with E-state index in [9.17, 15) is 10.1 Å². The first-order chi connectivity index (χ1) is 8.02. The van der Waals surface area contributed by atoms with Crippen LogP contribution in [0, 0.1) is 17.0 Å². The molecule has 1 heterocycles. The zero-order valence-corrected chi connectivity index (χ0v) is 9.65. The summed E-state index contributed by atoms with van der Waals surface area (Å²) in [6.45, 7) is 1.72. The Hall–Kier alpha value is -2.08. The molecule has 0 aliphatic carbocycles. The van der Waals surface area contributed by atoms with Gasteiger partial charge in [-0.25, -0.2) is 0 Å². The van der Waals surface area contributed by atoms with Gasteiger partial charge in [0.05, 0.1) is 21.2 Å². The SMILES string of the molecule is Cc1c(N)n[nH]c1-c1c(Cl)cccc1[N+](=O)[O-]. The molecule has 0 atom stereocenters. The highest BCUT2D eigenvalue weighted by Crippen LogP contribution is 2.37. The summed E-state index contributed by atoms with van der Waals surface area (Å²) in [5.41, 5.74) is 6.94. The van der Waals surface area contributed by atoms with Crippen LogP contribution in [0.2, 0.25) is 5.02 Å². The molecular weight excluding hydrogens is 244 g/mol. The number of aromatic nitrogens is 2. The van der Waals surface area contributed by atoms with Gasteiger partial charge < -0.3 is 5.73 Å². The number of nitrogen functional groups attached to an aromatic ring is 1. The van der Waals surface area contributed by atoms with Crippen LogP contribution in [0.5, 0.6) is 0 Å². The van der Waals surface area contributed by atoms with Gasteiger partial charge in [0.15, 0.2) is 0 Å². The highest BCUT2D eigenvalue weighted by Gasteiger charge is 2.22. The number of nitro groups is 1. The summed E-state index contributed by atoms with van der Waals surface area (Å²) < 4.78 is 0. The van der Waals surface area contributed by atoms with Gasteiger partial charge in [0.1, 0.15) is 5.82 Å². The molecule has 2 aromatic rings. The molecule has 88 valence electrons. The van der Waals surface area contributed by atoms with Crippen molar-refractivity contribution in [1.29, 1.82) is 0 Å². The largest absolute Gasteiger partial charge is 0.382 e. The number of H-pyrrole nitrogens is 1. The van der Waals surface area contributed by atoms with Crippen LogP contribution < -0.4 is 5.73 Å². The number of anilines is 1. The minimum Gasteiger partial charge on any atom is -0.382 e. The van der Waals surface area contributed by atoms with E-state index in [2.05, 4.69) is 10.2 Å². The molecule has 0 amide bonds. The van der Waals surface area contributed by atoms with Gasteiger partial charge in [-0.1, -0.05) is 17.7 Å². The minimum atomic E-state index is -0.488. The van der Waals surface area contributed by atoms with Gasteiger partial charge >= 0.3 is 0 Å². The van der Waals surface area contributed by atoms with Crippen molar-refractivity contribution in [1.82, 2.24) is 10.2 Å². The van der Waals surface area contributed by atoms with E-state index in [1.165, 1.54) is 12.1 Å². The second-order valence-electron chi connectivity index (χ2n) is 3.50. The summed E-state index contributed by atoms with van der Waals surface area (Å²) in [6.07, 6.45) is 0. The molecule has 0 aliphatic rings. The quantitative estimate of drug-likeness (QED) is 0.634. The van der Waals surface area contributed by atoms with Crippen molar-refractivity contribution in [2.45, 2.75) is 6.92 Å². The summed E-state index contributed by atoms with van der Waals surface area (Å²) in [5.74, 6) is 0.300. The fourth-order valence-electron chi connectivity index (χ4n) is 1.57. The summed E-state index contributed by atoms with van der Waals surface area (Å²) in [7, 11) is 0. The van der Waals surface area contributed by atoms with Crippen molar-refractivity contribution in [3.63, 3.8) is 0 Å². The molecule has 0 bridgehead atoms. The number of nitrogens with zero attached hydrogens (tertiary/aromatic N) is 2. The number of nitrogens with one attached hydrogen (secondary N) is 1. The van der Waals surface area contributed by atoms with Gasteiger partial charge in [0.25, 0.3) is 5.69 Å². The van der Waals surface area contributed by atoms with Gasteiger partial charge in [-0.15, -0.1) is 0 Å². The smallest absolute Gasteiger partial charge is 0.280 e. The van der Waals surface area contributed by atoms with E-state index in [0.29, 0.717) is 22.6 Å². The molecule has 3 N–H and O–H groups in total. The molecule has 6 nitrogen and oxygen atoms in total. The number of nitro benzene ring substituents is 1. The van der Waals surface area contributed by atoms with E-state index in [-0.39, 0.29) is 10.7 Å². The third kappa shape index (κ3) is 1.83. The zero-order chi connectivity index (χ0) is 12.6. The fraction of sp³-hybridized carbons (Fsp3) is 0.100. The highest BCUT2D eigenvalue weighted by molar-refractivity contribution is 6.33. The molecule has 0 radical (unpaired) electrons. The Balaban J connectivity index is 2.74. The van der Waals surface area contributed by atoms with Crippen LogP contribution in [0.15, 0.2) is 18.2 Å². The number of hydrogen-bond donors (Lipinski definition) is 2. The van der Waals surface area contributed by atoms with Crippen molar-refractivity contribution in [3.05, 3.63) is 38.9 Å². The molecule has 2 rings (SSSR count). The lowest BCUT2D eigenvalue weighted by molar-refractivity contribution is -0.384. The zero-order valence-electron chi connectivity index (χ0n) is 8.90. The first-order valence-electron chi connectivity index (χ1n) is 4.76. The van der Waals surface area contributed by atoms with Crippen LogP contribution in [0.1, 0.15) is 5.56 Å². The van der Waals surface area contributed by atoms with Crippen LogP contribution in [0.25, 0.3) is 11.3 Å². The van der Waals surface area contributed by atoms with Crippen LogP contribution in [0.3, 0.4) is 0 Å². The molecule has 1 aromatic heterocycles. The third-order valence-corrected chi connectivity index (χ3v) is 2.80. The van der Waals surface area contributed by atoms with E-state index in [0.717, 1.165) is 0 Å². The Morgan fingerprint density at radius 2 is 2.24 bits per heavy atom. The van der Waals surface area contributed by atoms with Gasteiger partial charge in [-0.2, -0.15) is 5.10 Å². The van der Waals surface area contributed by atoms with E-state index in [1.807, 2.05) is 0 Å². The molecule has 0 saturated carbocycles. The lowest BCUT2D eigenvalue weighted by atomic mass is 10.1. The van der Waals surface area contributed by atoms with Crippen molar-refractivity contribution in [3.8, 4) is 11.3 Å². The van der Waals surface area contributed by atoms with Gasteiger partial charge in [-0.3, -0.25) is 15.2 Å². The predicted octanol–water partition coefficient (Wildman–Crippen LogP) is 2.53. The van der Waals surface area contributed by atoms with Gasteiger partial charge in [0, 0.05) is 11.6 Å². The Bertz CT molecular complexity index is 594. The second kappa shape index (κ2) is 4.06. The highest BCUT2D eigenvalue weighted by atomic mass is 35.5. The maximum Gasteiger partial charge on any atom is 0.280 e. The molecule has 0 aliphatic heterocycles. The molecule has 7 heteroatoms. The minimum absolute atomic E-state index is 0.0794.